The van der Waals surface area contributed by atoms with Crippen molar-refractivity contribution >= 4 is 11.7 Å². The van der Waals surface area contributed by atoms with Gasteiger partial charge in [-0.3, -0.25) is 0 Å². The molecule has 2 amide bonds. The molecule has 3 N–H and O–H groups in total. The van der Waals surface area contributed by atoms with Crippen molar-refractivity contribution in [3.8, 4) is 5.75 Å². The minimum Gasteiger partial charge on any atom is -0.508 e. The molecule has 0 aliphatic carbocycles. The maximum atomic E-state index is 10.2. The summed E-state index contributed by atoms with van der Waals surface area (Å²) in [5.41, 5.74) is 5.19. The van der Waals surface area contributed by atoms with Crippen molar-refractivity contribution in [1.29, 1.82) is 0 Å². The van der Waals surface area contributed by atoms with Crippen LogP contribution >= 0.6 is 0 Å². The number of carbonyl (C=O) groups is 1. The number of hydrogen-bond acceptors (Lipinski definition) is 3. The van der Waals surface area contributed by atoms with Crippen LogP contribution in [0.2, 0.25) is 0 Å². The Morgan fingerprint density at radius 2 is 1.92 bits per heavy atom. The van der Waals surface area contributed by atoms with Crippen LogP contribution in [0.5, 0.6) is 5.75 Å². The van der Waals surface area contributed by atoms with Gasteiger partial charge in [-0.15, -0.1) is 5.11 Å². The van der Waals surface area contributed by atoms with Crippen LogP contribution in [0.3, 0.4) is 0 Å². The lowest BCUT2D eigenvalue weighted by molar-refractivity contribution is 0.255. The summed E-state index contributed by atoms with van der Waals surface area (Å²) in [6, 6.07) is 5.07. The Labute approximate surface area is 68.5 Å². The van der Waals surface area contributed by atoms with Crippen LogP contribution in [-0.4, -0.2) is 11.1 Å². The third kappa shape index (κ3) is 2.37. The average molecular weight is 165 g/mol. The molecule has 0 aliphatic rings. The van der Waals surface area contributed by atoms with Crippen molar-refractivity contribution < 1.29 is 9.90 Å². The van der Waals surface area contributed by atoms with Crippen molar-refractivity contribution in [2.45, 2.75) is 0 Å². The Hall–Kier alpha value is -1.91. The molecular formula is C7H7N3O2. The van der Waals surface area contributed by atoms with Gasteiger partial charge in [0.15, 0.2) is 0 Å². The molecular weight excluding hydrogens is 158 g/mol. The topological polar surface area (TPSA) is 88.0 Å². The fraction of sp³-hybridized carbons (Fsp3) is 0. The zero-order valence-corrected chi connectivity index (χ0v) is 6.14. The molecule has 5 nitrogen and oxygen atoms in total. The molecule has 0 heterocycles. The minimum absolute atomic E-state index is 0.132. The van der Waals surface area contributed by atoms with Gasteiger partial charge >= 0.3 is 6.03 Å². The number of phenolic OH excluding ortho intramolecular Hbond substituents is 1. The van der Waals surface area contributed by atoms with E-state index in [2.05, 4.69) is 10.2 Å². The highest BCUT2D eigenvalue weighted by atomic mass is 16.3. The van der Waals surface area contributed by atoms with E-state index in [0.29, 0.717) is 5.69 Å². The fourth-order valence-corrected chi connectivity index (χ4v) is 0.626. The molecule has 0 atom stereocenters. The van der Waals surface area contributed by atoms with E-state index in [1.807, 2.05) is 0 Å². The maximum Gasteiger partial charge on any atom is 0.356 e. The maximum absolute atomic E-state index is 10.2. The van der Waals surface area contributed by atoms with Gasteiger partial charge in [-0.25, -0.2) is 4.79 Å². The third-order valence-corrected chi connectivity index (χ3v) is 1.11. The lowest BCUT2D eigenvalue weighted by atomic mass is 10.3. The first-order valence-corrected chi connectivity index (χ1v) is 3.18. The van der Waals surface area contributed by atoms with Crippen LogP contribution in [0.15, 0.2) is 34.5 Å². The van der Waals surface area contributed by atoms with Crippen molar-refractivity contribution in [2.75, 3.05) is 0 Å². The number of aromatic hydroxyl groups is 1. The Morgan fingerprint density at radius 3 is 2.42 bits per heavy atom. The van der Waals surface area contributed by atoms with E-state index in [4.69, 9.17) is 10.8 Å². The second kappa shape index (κ2) is 3.47. The van der Waals surface area contributed by atoms with Gasteiger partial charge in [0.2, 0.25) is 0 Å². The van der Waals surface area contributed by atoms with Gasteiger partial charge in [-0.1, -0.05) is 5.11 Å². The van der Waals surface area contributed by atoms with Crippen molar-refractivity contribution in [1.82, 2.24) is 0 Å². The smallest absolute Gasteiger partial charge is 0.356 e. The summed E-state index contributed by atoms with van der Waals surface area (Å²) in [4.78, 5) is 10.2. The summed E-state index contributed by atoms with van der Waals surface area (Å²) in [5.74, 6) is 0.132. The van der Waals surface area contributed by atoms with Gasteiger partial charge in [0.25, 0.3) is 0 Å². The first-order chi connectivity index (χ1) is 5.68. The summed E-state index contributed by atoms with van der Waals surface area (Å²) in [6.07, 6.45) is 0. The second-order valence-electron chi connectivity index (χ2n) is 2.05. The predicted octanol–water partition coefficient (Wildman–Crippen LogP) is 1.55. The molecule has 0 saturated heterocycles. The normalized spacial score (nSPS) is 10.3. The Balaban J connectivity index is 2.77. The van der Waals surface area contributed by atoms with E-state index >= 15 is 0 Å². The van der Waals surface area contributed by atoms with Crippen LogP contribution in [0, 0.1) is 0 Å². The Kier molecular flexibility index (Phi) is 2.37. The molecule has 1 rings (SSSR count). The Bertz CT molecular complexity index is 305. The van der Waals surface area contributed by atoms with E-state index in [0.717, 1.165) is 0 Å². The first kappa shape index (κ1) is 8.19. The molecule has 0 aliphatic heterocycles. The number of primary amides is 1. The van der Waals surface area contributed by atoms with Gasteiger partial charge in [0.05, 0.1) is 5.69 Å². The van der Waals surface area contributed by atoms with Crippen LogP contribution in [0.25, 0.3) is 0 Å². The fourth-order valence-electron chi connectivity index (χ4n) is 0.626. The molecule has 0 saturated carbocycles. The van der Waals surface area contributed by atoms with E-state index in [-0.39, 0.29) is 5.75 Å². The number of phenols is 1. The van der Waals surface area contributed by atoms with Gasteiger partial charge in [0, 0.05) is 0 Å². The number of benzene rings is 1. The van der Waals surface area contributed by atoms with E-state index in [9.17, 15) is 4.79 Å². The SMILES string of the molecule is NC(=O)N=Nc1ccc(O)cc1. The number of azo groups is 1. The molecule has 0 unspecified atom stereocenters. The largest absolute Gasteiger partial charge is 0.508 e. The lowest BCUT2D eigenvalue weighted by Gasteiger charge is -1.90. The number of hydrogen-bond donors (Lipinski definition) is 2. The molecule has 0 bridgehead atoms. The molecule has 0 fully saturated rings. The van der Waals surface area contributed by atoms with Crippen LogP contribution in [-0.2, 0) is 0 Å². The predicted molar refractivity (Wildman–Crippen MR) is 42.2 cm³/mol. The standard InChI is InChI=1S/C7H7N3O2/c8-7(12)10-9-5-1-3-6(11)4-2-5/h1-4,11H,(H2,8,12). The molecule has 0 aromatic heterocycles. The molecule has 12 heavy (non-hydrogen) atoms. The first-order valence-electron chi connectivity index (χ1n) is 3.18. The van der Waals surface area contributed by atoms with Gasteiger partial charge in [-0.2, -0.15) is 0 Å². The molecule has 0 radical (unpaired) electrons. The molecule has 5 heteroatoms. The van der Waals surface area contributed by atoms with E-state index < -0.39 is 6.03 Å². The van der Waals surface area contributed by atoms with Gasteiger partial charge in [-0.05, 0) is 24.3 Å². The summed E-state index contributed by atoms with van der Waals surface area (Å²) in [5, 5.41) is 15.5. The molecule has 1 aromatic carbocycles. The minimum atomic E-state index is -0.844. The highest BCUT2D eigenvalue weighted by Gasteiger charge is 1.90. The quantitative estimate of drug-likeness (QED) is 0.618. The van der Waals surface area contributed by atoms with Crippen molar-refractivity contribution in [2.24, 2.45) is 16.0 Å². The monoisotopic (exact) mass is 165 g/mol. The molecule has 1 aromatic rings. The number of urea groups is 1. The van der Waals surface area contributed by atoms with Gasteiger partial charge < -0.3 is 10.8 Å². The Morgan fingerprint density at radius 1 is 1.33 bits per heavy atom. The summed E-state index contributed by atoms with van der Waals surface area (Å²) < 4.78 is 0. The number of carbonyl (C=O) groups excluding carboxylic acids is 1. The summed E-state index contributed by atoms with van der Waals surface area (Å²) in [6.45, 7) is 0. The average Bonchev–Trinajstić information content (AvgIpc) is 2.03. The third-order valence-electron chi connectivity index (χ3n) is 1.11. The summed E-state index contributed by atoms with van der Waals surface area (Å²) >= 11 is 0. The number of amides is 2. The van der Waals surface area contributed by atoms with Crippen molar-refractivity contribution in [3.63, 3.8) is 0 Å². The lowest BCUT2D eigenvalue weighted by Crippen LogP contribution is -2.01. The highest BCUT2D eigenvalue weighted by Crippen LogP contribution is 2.16. The van der Waals surface area contributed by atoms with Crippen molar-refractivity contribution in [3.05, 3.63) is 24.3 Å². The summed E-state index contributed by atoms with van der Waals surface area (Å²) in [7, 11) is 0. The van der Waals surface area contributed by atoms with Crippen LogP contribution < -0.4 is 5.73 Å². The highest BCUT2D eigenvalue weighted by molar-refractivity contribution is 5.72. The molecule has 62 valence electrons. The zero-order valence-electron chi connectivity index (χ0n) is 6.14. The number of nitrogens with zero attached hydrogens (tertiary/aromatic N) is 2. The second-order valence-corrected chi connectivity index (χ2v) is 2.05. The van der Waals surface area contributed by atoms with Crippen LogP contribution in [0.1, 0.15) is 0 Å². The zero-order chi connectivity index (χ0) is 8.97. The van der Waals surface area contributed by atoms with Gasteiger partial charge in [0.1, 0.15) is 5.75 Å². The molecule has 0 spiro atoms. The van der Waals surface area contributed by atoms with E-state index in [1.54, 1.807) is 0 Å². The van der Waals surface area contributed by atoms with Crippen LogP contribution in [0.4, 0.5) is 10.5 Å². The number of nitrogens with two attached hydrogens (primary N) is 1. The van der Waals surface area contributed by atoms with E-state index in [1.165, 1.54) is 24.3 Å². The number of rotatable bonds is 1.